The van der Waals surface area contributed by atoms with Crippen LogP contribution >= 0.6 is 15.9 Å². The second-order valence-electron chi connectivity index (χ2n) is 4.39. The van der Waals surface area contributed by atoms with Crippen molar-refractivity contribution in [3.63, 3.8) is 0 Å². The van der Waals surface area contributed by atoms with E-state index in [0.717, 1.165) is 33.7 Å². The summed E-state index contributed by atoms with van der Waals surface area (Å²) in [5.74, 6) is 0.794. The zero-order valence-electron chi connectivity index (χ0n) is 11.1. The smallest absolute Gasteiger partial charge is 0.168 e. The molecule has 0 aromatic carbocycles. The number of anilines is 1. The molecule has 0 radical (unpaired) electrons. The fraction of sp³-hybridized carbons (Fsp3) is 0.385. The summed E-state index contributed by atoms with van der Waals surface area (Å²) in [6, 6.07) is 0. The number of hydrogen-bond donors (Lipinski definition) is 1. The summed E-state index contributed by atoms with van der Waals surface area (Å²) >= 11 is 3.55. The first-order chi connectivity index (χ1) is 8.47. The number of halogens is 1. The van der Waals surface area contributed by atoms with Crippen molar-refractivity contribution in [2.75, 3.05) is 5.73 Å². The molecule has 0 fully saturated rings. The lowest BCUT2D eigenvalue weighted by molar-refractivity contribution is 0.799. The van der Waals surface area contributed by atoms with Crippen molar-refractivity contribution in [2.45, 2.75) is 34.1 Å². The van der Waals surface area contributed by atoms with Crippen LogP contribution in [0.4, 0.5) is 5.69 Å². The van der Waals surface area contributed by atoms with Crippen LogP contribution in [-0.2, 0) is 6.42 Å². The lowest BCUT2D eigenvalue weighted by Gasteiger charge is -2.10. The molecule has 0 bridgehead atoms. The highest BCUT2D eigenvalue weighted by atomic mass is 79.9. The Morgan fingerprint density at radius 2 is 2.00 bits per heavy atom. The van der Waals surface area contributed by atoms with Crippen LogP contribution in [0.25, 0.3) is 5.82 Å². The molecule has 2 aromatic heterocycles. The predicted octanol–water partition coefficient (Wildman–Crippen LogP) is 3.10. The molecule has 2 heterocycles. The molecule has 2 N–H and O–H groups in total. The summed E-state index contributed by atoms with van der Waals surface area (Å²) in [4.78, 5) is 4.39. The van der Waals surface area contributed by atoms with E-state index in [2.05, 4.69) is 39.9 Å². The minimum absolute atomic E-state index is 0.683. The van der Waals surface area contributed by atoms with Crippen molar-refractivity contribution < 1.29 is 0 Å². The van der Waals surface area contributed by atoms with E-state index in [1.165, 1.54) is 5.56 Å². The SMILES string of the molecule is CCc1c(C)nn(-c2ncc(N)c(C)c2Br)c1C. The molecular weight excluding hydrogens is 292 g/mol. The zero-order valence-corrected chi connectivity index (χ0v) is 12.7. The molecule has 0 saturated heterocycles. The average Bonchev–Trinajstić information content (AvgIpc) is 2.62. The largest absolute Gasteiger partial charge is 0.397 e. The minimum Gasteiger partial charge on any atom is -0.397 e. The van der Waals surface area contributed by atoms with Crippen LogP contribution in [-0.4, -0.2) is 14.8 Å². The van der Waals surface area contributed by atoms with Crippen LogP contribution in [0.1, 0.15) is 29.4 Å². The second kappa shape index (κ2) is 4.72. The predicted molar refractivity (Wildman–Crippen MR) is 77.1 cm³/mol. The van der Waals surface area contributed by atoms with Crippen LogP contribution in [0.15, 0.2) is 10.7 Å². The summed E-state index contributed by atoms with van der Waals surface area (Å²) in [6.07, 6.45) is 2.65. The Kier molecular flexibility index (Phi) is 3.43. The Morgan fingerprint density at radius 3 is 2.56 bits per heavy atom. The molecule has 0 aliphatic heterocycles. The second-order valence-corrected chi connectivity index (χ2v) is 5.18. The van der Waals surface area contributed by atoms with Gasteiger partial charge >= 0.3 is 0 Å². The summed E-state index contributed by atoms with van der Waals surface area (Å²) < 4.78 is 2.78. The van der Waals surface area contributed by atoms with E-state index in [-0.39, 0.29) is 0 Å². The number of pyridine rings is 1. The number of rotatable bonds is 2. The summed E-state index contributed by atoms with van der Waals surface area (Å²) in [6.45, 7) is 8.20. The van der Waals surface area contributed by atoms with Crippen molar-refractivity contribution >= 4 is 21.6 Å². The number of aromatic nitrogens is 3. The van der Waals surface area contributed by atoms with Crippen molar-refractivity contribution in [1.82, 2.24) is 14.8 Å². The third-order valence-electron chi connectivity index (χ3n) is 3.28. The van der Waals surface area contributed by atoms with Gasteiger partial charge < -0.3 is 5.73 Å². The molecule has 0 atom stereocenters. The summed E-state index contributed by atoms with van der Waals surface area (Å²) in [5.41, 5.74) is 11.0. The van der Waals surface area contributed by atoms with Crippen LogP contribution in [0.3, 0.4) is 0 Å². The summed E-state index contributed by atoms with van der Waals surface area (Å²) in [5, 5.41) is 4.57. The molecule has 18 heavy (non-hydrogen) atoms. The Bertz CT molecular complexity index is 602. The number of nitrogens with zero attached hydrogens (tertiary/aromatic N) is 3. The van der Waals surface area contributed by atoms with Gasteiger partial charge in [-0.15, -0.1) is 0 Å². The maximum absolute atomic E-state index is 5.84. The molecular formula is C13H17BrN4. The van der Waals surface area contributed by atoms with E-state index >= 15 is 0 Å². The van der Waals surface area contributed by atoms with E-state index in [1.807, 2.05) is 18.5 Å². The fourth-order valence-electron chi connectivity index (χ4n) is 2.12. The summed E-state index contributed by atoms with van der Waals surface area (Å²) in [7, 11) is 0. The Labute approximate surface area is 115 Å². The fourth-order valence-corrected chi connectivity index (χ4v) is 2.62. The molecule has 0 aliphatic carbocycles. The average molecular weight is 309 g/mol. The Morgan fingerprint density at radius 1 is 1.33 bits per heavy atom. The third-order valence-corrected chi connectivity index (χ3v) is 4.23. The van der Waals surface area contributed by atoms with E-state index < -0.39 is 0 Å². The zero-order chi connectivity index (χ0) is 13.4. The molecule has 0 aliphatic rings. The van der Waals surface area contributed by atoms with Crippen LogP contribution in [0, 0.1) is 20.8 Å². The first-order valence-electron chi connectivity index (χ1n) is 5.93. The van der Waals surface area contributed by atoms with Crippen LogP contribution in [0.5, 0.6) is 0 Å². The van der Waals surface area contributed by atoms with Crippen LogP contribution in [0.2, 0.25) is 0 Å². The van der Waals surface area contributed by atoms with Crippen LogP contribution < -0.4 is 5.73 Å². The van der Waals surface area contributed by atoms with Gasteiger partial charge in [0.15, 0.2) is 5.82 Å². The normalized spacial score (nSPS) is 10.9. The van der Waals surface area contributed by atoms with Crippen molar-refractivity contribution in [1.29, 1.82) is 0 Å². The number of nitrogens with two attached hydrogens (primary N) is 1. The molecule has 4 nitrogen and oxygen atoms in total. The Balaban J connectivity index is 2.67. The van der Waals surface area contributed by atoms with Gasteiger partial charge in [0, 0.05) is 5.69 Å². The maximum atomic E-state index is 5.84. The number of hydrogen-bond acceptors (Lipinski definition) is 3. The topological polar surface area (TPSA) is 56.7 Å². The van der Waals surface area contributed by atoms with E-state index in [1.54, 1.807) is 6.20 Å². The molecule has 0 spiro atoms. The van der Waals surface area contributed by atoms with Gasteiger partial charge in [0.1, 0.15) is 0 Å². The van der Waals surface area contributed by atoms with Gasteiger partial charge in [-0.3, -0.25) is 0 Å². The van der Waals surface area contributed by atoms with Gasteiger partial charge in [-0.05, 0) is 54.2 Å². The highest BCUT2D eigenvalue weighted by molar-refractivity contribution is 9.10. The van der Waals surface area contributed by atoms with E-state index in [0.29, 0.717) is 5.69 Å². The first-order valence-corrected chi connectivity index (χ1v) is 6.72. The standard InChI is InChI=1S/C13H17BrN4/c1-5-10-8(3)17-18(9(10)4)13-12(14)7(2)11(15)6-16-13/h6H,5,15H2,1-4H3. The van der Waals surface area contributed by atoms with Crippen molar-refractivity contribution in [3.8, 4) is 5.82 Å². The molecule has 5 heteroatoms. The third kappa shape index (κ3) is 1.92. The van der Waals surface area contributed by atoms with Crippen molar-refractivity contribution in [3.05, 3.63) is 33.2 Å². The molecule has 0 amide bonds. The minimum atomic E-state index is 0.683. The highest BCUT2D eigenvalue weighted by Crippen LogP contribution is 2.28. The quantitative estimate of drug-likeness (QED) is 0.927. The molecule has 2 rings (SSSR count). The highest BCUT2D eigenvalue weighted by Gasteiger charge is 2.16. The number of aryl methyl sites for hydroxylation is 1. The molecule has 0 saturated carbocycles. The van der Waals surface area contributed by atoms with E-state index in [9.17, 15) is 0 Å². The molecule has 2 aromatic rings. The Hall–Kier alpha value is -1.36. The molecule has 96 valence electrons. The first kappa shape index (κ1) is 13.1. The van der Waals surface area contributed by atoms with Gasteiger partial charge in [0.25, 0.3) is 0 Å². The van der Waals surface area contributed by atoms with Gasteiger partial charge in [-0.1, -0.05) is 6.92 Å². The number of nitrogen functional groups attached to an aromatic ring is 1. The van der Waals surface area contributed by atoms with Gasteiger partial charge in [0.2, 0.25) is 0 Å². The molecule has 0 unspecified atom stereocenters. The van der Waals surface area contributed by atoms with Crippen molar-refractivity contribution in [2.24, 2.45) is 0 Å². The lowest BCUT2D eigenvalue weighted by Crippen LogP contribution is -2.06. The van der Waals surface area contributed by atoms with Gasteiger partial charge in [0.05, 0.1) is 22.1 Å². The van der Waals surface area contributed by atoms with Gasteiger partial charge in [-0.25, -0.2) is 9.67 Å². The maximum Gasteiger partial charge on any atom is 0.168 e. The van der Waals surface area contributed by atoms with Gasteiger partial charge in [-0.2, -0.15) is 5.10 Å². The monoisotopic (exact) mass is 308 g/mol. The lowest BCUT2D eigenvalue weighted by atomic mass is 10.1. The van der Waals surface area contributed by atoms with E-state index in [4.69, 9.17) is 5.73 Å².